The molecule has 0 heterocycles. The molecule has 0 aromatic heterocycles. The predicted octanol–water partition coefficient (Wildman–Crippen LogP) is 17.2. The Balaban J connectivity index is 4.63. The van der Waals surface area contributed by atoms with Crippen LogP contribution in [0.2, 0.25) is 0 Å². The molecule has 0 bridgehead atoms. The van der Waals surface area contributed by atoms with E-state index in [9.17, 15) is 0 Å². The van der Waals surface area contributed by atoms with Crippen LogP contribution in [0.25, 0.3) is 0 Å². The monoisotopic (exact) mass is 703 g/mol. The summed E-state index contributed by atoms with van der Waals surface area (Å²) in [6.07, 6.45) is 56.0. The Morgan fingerprint density at radius 2 is 0.364 bits per heavy atom. The van der Waals surface area contributed by atoms with E-state index in [2.05, 4.69) is 27.7 Å². The van der Waals surface area contributed by atoms with Gasteiger partial charge < -0.3 is 0 Å². The van der Waals surface area contributed by atoms with Crippen LogP contribution in [-0.4, -0.2) is 24.6 Å². The van der Waals surface area contributed by atoms with Crippen LogP contribution in [0, 0.1) is 0 Å². The van der Waals surface area contributed by atoms with E-state index in [-0.39, 0.29) is 0 Å². The summed E-state index contributed by atoms with van der Waals surface area (Å²) >= 11 is 4.82. The van der Waals surface area contributed by atoms with Crippen LogP contribution in [0.4, 0.5) is 0 Å². The fourth-order valence-electron chi connectivity index (χ4n) is 7.59. The van der Waals surface area contributed by atoms with Crippen molar-refractivity contribution < 1.29 is 0 Å². The van der Waals surface area contributed by atoms with Gasteiger partial charge in [-0.1, -0.05) is 39.0 Å². The van der Waals surface area contributed by atoms with Crippen LogP contribution in [0.3, 0.4) is 0 Å². The van der Waals surface area contributed by atoms with Crippen molar-refractivity contribution in [2.24, 2.45) is 0 Å². The molecular formula is C42H88BrP. The summed E-state index contributed by atoms with van der Waals surface area (Å²) < 4.78 is 0. The van der Waals surface area contributed by atoms with E-state index in [0.29, 0.717) is 0 Å². The third-order valence-corrected chi connectivity index (χ3v) is 20.8. The molecule has 0 aromatic carbocycles. The summed E-state index contributed by atoms with van der Waals surface area (Å²) in [5.74, 6) is 0. The second-order valence-corrected chi connectivity index (χ2v) is 26.8. The van der Waals surface area contributed by atoms with Gasteiger partial charge in [0, 0.05) is 0 Å². The average Bonchev–Trinajstić information content (AvgIpc) is 3.02. The van der Waals surface area contributed by atoms with Crippen LogP contribution in [0.1, 0.15) is 246 Å². The Morgan fingerprint density at radius 1 is 0.227 bits per heavy atom. The first-order valence-electron chi connectivity index (χ1n) is 21.3. The zero-order chi connectivity index (χ0) is 32.3. The number of rotatable bonds is 38. The molecule has 0 aromatic rings. The molecule has 0 unspecified atom stereocenters. The Labute approximate surface area is 290 Å². The molecule has 268 valence electrons. The molecule has 2 heteroatoms. The van der Waals surface area contributed by atoms with Gasteiger partial charge in [-0.2, -0.15) is 0 Å². The molecule has 0 saturated carbocycles. The van der Waals surface area contributed by atoms with Crippen LogP contribution < -0.4 is 0 Å². The van der Waals surface area contributed by atoms with Crippen LogP contribution in [0.5, 0.6) is 0 Å². The first-order valence-corrected chi connectivity index (χ1v) is 26.3. The Hall–Kier alpha value is 0.910. The van der Waals surface area contributed by atoms with E-state index < -0.39 is 5.31 Å². The van der Waals surface area contributed by atoms with Gasteiger partial charge in [0.2, 0.25) is 0 Å². The number of unbranched alkanes of at least 4 members (excludes halogenated alkanes) is 30. The predicted molar refractivity (Wildman–Crippen MR) is 215 cm³/mol. The number of halogens is 1. The summed E-state index contributed by atoms with van der Waals surface area (Å²) in [7, 11) is 0. The van der Waals surface area contributed by atoms with Gasteiger partial charge in [0.05, 0.1) is 0 Å². The molecule has 44 heavy (non-hydrogen) atoms. The first kappa shape index (κ1) is 44.9. The van der Waals surface area contributed by atoms with Gasteiger partial charge in [-0.15, -0.1) is 0 Å². The van der Waals surface area contributed by atoms with E-state index in [1.165, 1.54) is 218 Å². The molecule has 0 amide bonds. The zero-order valence-electron chi connectivity index (χ0n) is 31.7. The third kappa shape index (κ3) is 29.1. The van der Waals surface area contributed by atoms with Gasteiger partial charge in [-0.05, 0) is 0 Å². The van der Waals surface area contributed by atoms with Gasteiger partial charge in [0.1, 0.15) is 0 Å². The molecule has 0 aliphatic rings. The summed E-state index contributed by atoms with van der Waals surface area (Å²) in [6, 6.07) is 0. The molecule has 0 rings (SSSR count). The molecular weight excluding hydrogens is 615 g/mol. The number of hydrogen-bond donors (Lipinski definition) is 0. The molecule has 0 aliphatic carbocycles. The minimum atomic E-state index is -1.80. The maximum atomic E-state index is 4.82. The topological polar surface area (TPSA) is 0 Å². The molecule has 0 radical (unpaired) electrons. The molecule has 0 N–H and O–H groups in total. The molecule has 0 spiro atoms. The first-order chi connectivity index (χ1) is 21.5. The van der Waals surface area contributed by atoms with Gasteiger partial charge in [-0.25, -0.2) is 0 Å². The van der Waals surface area contributed by atoms with Gasteiger partial charge in [0.15, 0.2) is 0 Å². The Morgan fingerprint density at radius 3 is 0.523 bits per heavy atom. The molecule has 0 nitrogen and oxygen atoms in total. The van der Waals surface area contributed by atoms with E-state index in [0.717, 1.165) is 0 Å². The molecule has 0 aliphatic heterocycles. The zero-order valence-corrected chi connectivity index (χ0v) is 34.2. The minimum absolute atomic E-state index is 1.37. The SMILES string of the molecule is CCCCCCCCCCCCCCCCCCP(Br)(CCCCCCCC)(CCCCCCCC)CCCCCCCC. The summed E-state index contributed by atoms with van der Waals surface area (Å²) in [5.41, 5.74) is 0. The molecule has 0 fully saturated rings. The maximum absolute atomic E-state index is 4.82. The van der Waals surface area contributed by atoms with Crippen molar-refractivity contribution in [3.63, 3.8) is 0 Å². The van der Waals surface area contributed by atoms with Crippen molar-refractivity contribution in [2.75, 3.05) is 24.6 Å². The summed E-state index contributed by atoms with van der Waals surface area (Å²) in [5, 5.41) is -1.80. The Kier molecular flexibility index (Phi) is 34.5. The van der Waals surface area contributed by atoms with Gasteiger partial charge >= 0.3 is 252 Å². The normalized spacial score (nSPS) is 13.0. The summed E-state index contributed by atoms with van der Waals surface area (Å²) in [4.78, 5) is 0. The quantitative estimate of drug-likeness (QED) is 0.0444. The van der Waals surface area contributed by atoms with E-state index in [1.54, 1.807) is 24.6 Å². The average molecular weight is 704 g/mol. The standard InChI is InChI=1S/C42H88BrP/c1-5-9-13-17-21-22-23-24-25-26-27-28-29-30-34-38-42-44(43,39-35-31-18-14-10-6-2,40-36-32-19-15-11-7-3)41-37-33-20-16-12-8-4/h5-42H2,1-4H3. The van der Waals surface area contributed by atoms with E-state index in [1.807, 2.05) is 0 Å². The van der Waals surface area contributed by atoms with Crippen molar-refractivity contribution in [2.45, 2.75) is 246 Å². The summed E-state index contributed by atoms with van der Waals surface area (Å²) in [6.45, 7) is 9.37. The molecule has 0 atom stereocenters. The van der Waals surface area contributed by atoms with Gasteiger partial charge in [0.25, 0.3) is 0 Å². The van der Waals surface area contributed by atoms with Gasteiger partial charge in [-0.3, -0.25) is 0 Å². The fraction of sp³-hybridized carbons (Fsp3) is 1.00. The second kappa shape index (κ2) is 33.8. The third-order valence-electron chi connectivity index (χ3n) is 10.8. The van der Waals surface area contributed by atoms with Crippen molar-refractivity contribution >= 4 is 20.8 Å². The van der Waals surface area contributed by atoms with Crippen LogP contribution in [0.15, 0.2) is 0 Å². The van der Waals surface area contributed by atoms with E-state index >= 15 is 0 Å². The number of hydrogen-bond acceptors (Lipinski definition) is 0. The second-order valence-electron chi connectivity index (χ2n) is 15.3. The van der Waals surface area contributed by atoms with E-state index in [4.69, 9.17) is 15.5 Å². The van der Waals surface area contributed by atoms with Crippen molar-refractivity contribution in [1.82, 2.24) is 0 Å². The van der Waals surface area contributed by atoms with Crippen LogP contribution in [-0.2, 0) is 0 Å². The Bertz CT molecular complexity index is 502. The van der Waals surface area contributed by atoms with Crippen molar-refractivity contribution in [3.05, 3.63) is 0 Å². The van der Waals surface area contributed by atoms with Crippen molar-refractivity contribution in [3.8, 4) is 0 Å². The van der Waals surface area contributed by atoms with Crippen molar-refractivity contribution in [1.29, 1.82) is 0 Å². The fourth-order valence-corrected chi connectivity index (χ4v) is 16.0. The van der Waals surface area contributed by atoms with Crippen LogP contribution >= 0.6 is 20.8 Å². The molecule has 0 saturated heterocycles.